The topological polar surface area (TPSA) is 55.2 Å². The summed E-state index contributed by atoms with van der Waals surface area (Å²) in [5.41, 5.74) is 0.634. The molecule has 136 valence electrons. The standard InChI is InChI=1S/C20H23N3O2S/c1-13-18-17(15-9-5-6-10-16(15)26-18)20(25)23(21-13)14(2)19(24)22-11-7-3-4-8-12-22/h5-6,9-10,14H,3-4,7-8,11-12H2,1-2H3. The normalized spacial score (nSPS) is 16.8. The van der Waals surface area contributed by atoms with Gasteiger partial charge in [-0.2, -0.15) is 5.10 Å². The van der Waals surface area contributed by atoms with Gasteiger partial charge in [-0.05, 0) is 32.8 Å². The number of aromatic nitrogens is 2. The minimum Gasteiger partial charge on any atom is -0.341 e. The molecular weight excluding hydrogens is 346 g/mol. The highest BCUT2D eigenvalue weighted by Crippen LogP contribution is 2.33. The van der Waals surface area contributed by atoms with Crippen LogP contribution in [0.2, 0.25) is 0 Å². The number of carbonyl (C=O) groups excluding carboxylic acids is 1. The number of nitrogens with zero attached hydrogens (tertiary/aromatic N) is 3. The van der Waals surface area contributed by atoms with E-state index < -0.39 is 6.04 Å². The van der Waals surface area contributed by atoms with Crippen molar-refractivity contribution in [3.05, 3.63) is 40.3 Å². The van der Waals surface area contributed by atoms with Gasteiger partial charge < -0.3 is 4.90 Å². The van der Waals surface area contributed by atoms with Gasteiger partial charge in [-0.1, -0.05) is 31.0 Å². The number of thiophene rings is 1. The molecule has 3 heterocycles. The van der Waals surface area contributed by atoms with Crippen LogP contribution >= 0.6 is 11.3 Å². The molecule has 0 saturated carbocycles. The molecule has 26 heavy (non-hydrogen) atoms. The first-order valence-electron chi connectivity index (χ1n) is 9.27. The van der Waals surface area contributed by atoms with E-state index in [-0.39, 0.29) is 11.5 Å². The van der Waals surface area contributed by atoms with Crippen LogP contribution in [0.3, 0.4) is 0 Å². The second kappa shape index (κ2) is 6.83. The first kappa shape index (κ1) is 17.2. The predicted molar refractivity (Wildman–Crippen MR) is 106 cm³/mol. The lowest BCUT2D eigenvalue weighted by atomic mass is 10.2. The Bertz CT molecular complexity index is 1030. The number of carbonyl (C=O) groups is 1. The summed E-state index contributed by atoms with van der Waals surface area (Å²) in [4.78, 5) is 28.1. The van der Waals surface area contributed by atoms with E-state index >= 15 is 0 Å². The molecule has 1 fully saturated rings. The van der Waals surface area contributed by atoms with E-state index in [0.29, 0.717) is 5.39 Å². The molecule has 1 aliphatic rings. The number of hydrogen-bond donors (Lipinski definition) is 0. The zero-order valence-electron chi connectivity index (χ0n) is 15.2. The number of rotatable bonds is 2. The summed E-state index contributed by atoms with van der Waals surface area (Å²) in [6.07, 6.45) is 4.41. The zero-order valence-corrected chi connectivity index (χ0v) is 16.0. The number of aryl methyl sites for hydroxylation is 1. The Hall–Kier alpha value is -2.21. The third kappa shape index (κ3) is 2.82. The van der Waals surface area contributed by atoms with Crippen molar-refractivity contribution >= 4 is 37.4 Å². The lowest BCUT2D eigenvalue weighted by Crippen LogP contribution is -2.40. The van der Waals surface area contributed by atoms with Crippen LogP contribution < -0.4 is 5.56 Å². The molecule has 1 aliphatic heterocycles. The summed E-state index contributed by atoms with van der Waals surface area (Å²) in [6.45, 7) is 5.26. The van der Waals surface area contributed by atoms with Crippen LogP contribution in [0, 0.1) is 6.92 Å². The van der Waals surface area contributed by atoms with Gasteiger partial charge in [0.25, 0.3) is 5.56 Å². The molecule has 1 saturated heterocycles. The predicted octanol–water partition coefficient (Wildman–Crippen LogP) is 3.88. The van der Waals surface area contributed by atoms with E-state index in [9.17, 15) is 9.59 Å². The molecule has 3 aromatic rings. The summed E-state index contributed by atoms with van der Waals surface area (Å²) in [7, 11) is 0. The summed E-state index contributed by atoms with van der Waals surface area (Å²) in [5.74, 6) is -0.000199. The maximum absolute atomic E-state index is 13.2. The number of fused-ring (bicyclic) bond motifs is 3. The number of benzene rings is 1. The number of likely N-dealkylation sites (tertiary alicyclic amines) is 1. The van der Waals surface area contributed by atoms with E-state index in [0.717, 1.165) is 46.4 Å². The molecular formula is C20H23N3O2S. The van der Waals surface area contributed by atoms with Crippen molar-refractivity contribution in [1.29, 1.82) is 0 Å². The molecule has 0 N–H and O–H groups in total. The van der Waals surface area contributed by atoms with Crippen molar-refractivity contribution in [2.45, 2.75) is 45.6 Å². The molecule has 0 bridgehead atoms. The Morgan fingerprint density at radius 2 is 1.85 bits per heavy atom. The second-order valence-corrected chi connectivity index (χ2v) is 8.11. The van der Waals surface area contributed by atoms with Crippen LogP contribution in [-0.4, -0.2) is 33.7 Å². The van der Waals surface area contributed by atoms with Gasteiger partial charge in [0.15, 0.2) is 0 Å². The highest BCUT2D eigenvalue weighted by Gasteiger charge is 2.26. The molecule has 1 aromatic carbocycles. The van der Waals surface area contributed by atoms with Gasteiger partial charge >= 0.3 is 0 Å². The number of hydrogen-bond acceptors (Lipinski definition) is 4. The SMILES string of the molecule is Cc1nn(C(C)C(=O)N2CCCCCC2)c(=O)c2c1sc1ccccc12. The summed E-state index contributed by atoms with van der Waals surface area (Å²) in [5, 5.41) is 6.14. The van der Waals surface area contributed by atoms with Crippen molar-refractivity contribution in [3.63, 3.8) is 0 Å². The van der Waals surface area contributed by atoms with Crippen molar-refractivity contribution in [2.24, 2.45) is 0 Å². The summed E-state index contributed by atoms with van der Waals surface area (Å²) < 4.78 is 3.39. The molecule has 2 aromatic heterocycles. The van der Waals surface area contributed by atoms with Gasteiger partial charge in [0.2, 0.25) is 5.91 Å². The first-order valence-corrected chi connectivity index (χ1v) is 10.1. The average molecular weight is 369 g/mol. The third-order valence-electron chi connectivity index (χ3n) is 5.25. The van der Waals surface area contributed by atoms with Crippen LogP contribution in [-0.2, 0) is 4.79 Å². The maximum atomic E-state index is 13.2. The van der Waals surface area contributed by atoms with Gasteiger partial charge in [0, 0.05) is 23.2 Å². The third-order valence-corrected chi connectivity index (χ3v) is 6.53. The van der Waals surface area contributed by atoms with E-state index in [1.54, 1.807) is 18.3 Å². The molecule has 4 rings (SSSR count). The molecule has 0 spiro atoms. The van der Waals surface area contributed by atoms with Crippen LogP contribution in [0.25, 0.3) is 20.2 Å². The lowest BCUT2D eigenvalue weighted by Gasteiger charge is -2.24. The zero-order chi connectivity index (χ0) is 18.3. The van der Waals surface area contributed by atoms with E-state index in [1.807, 2.05) is 36.1 Å². The smallest absolute Gasteiger partial charge is 0.276 e. The van der Waals surface area contributed by atoms with E-state index in [2.05, 4.69) is 5.10 Å². The van der Waals surface area contributed by atoms with Crippen molar-refractivity contribution < 1.29 is 4.79 Å². The Kier molecular flexibility index (Phi) is 4.53. The lowest BCUT2D eigenvalue weighted by molar-refractivity contribution is -0.134. The first-order chi connectivity index (χ1) is 12.6. The Morgan fingerprint density at radius 1 is 1.15 bits per heavy atom. The fourth-order valence-electron chi connectivity index (χ4n) is 3.80. The van der Waals surface area contributed by atoms with Gasteiger partial charge in [-0.3, -0.25) is 9.59 Å². The van der Waals surface area contributed by atoms with Gasteiger partial charge in [0.1, 0.15) is 6.04 Å². The van der Waals surface area contributed by atoms with Crippen LogP contribution in [0.1, 0.15) is 44.3 Å². The van der Waals surface area contributed by atoms with Crippen LogP contribution in [0.5, 0.6) is 0 Å². The van der Waals surface area contributed by atoms with E-state index in [1.165, 1.54) is 17.5 Å². The maximum Gasteiger partial charge on any atom is 0.276 e. The average Bonchev–Trinajstić information content (AvgIpc) is 2.84. The highest BCUT2D eigenvalue weighted by molar-refractivity contribution is 7.26. The van der Waals surface area contributed by atoms with Crippen molar-refractivity contribution in [3.8, 4) is 0 Å². The fourth-order valence-corrected chi connectivity index (χ4v) is 4.94. The summed E-state index contributed by atoms with van der Waals surface area (Å²) in [6, 6.07) is 7.34. The Morgan fingerprint density at radius 3 is 2.58 bits per heavy atom. The molecule has 1 amide bonds. The van der Waals surface area contributed by atoms with Gasteiger partial charge in [0.05, 0.1) is 15.8 Å². The second-order valence-electron chi connectivity index (χ2n) is 7.05. The summed E-state index contributed by atoms with van der Waals surface area (Å²) >= 11 is 1.59. The molecule has 1 atom stereocenters. The molecule has 5 nitrogen and oxygen atoms in total. The molecule has 1 unspecified atom stereocenters. The van der Waals surface area contributed by atoms with Crippen molar-refractivity contribution in [2.75, 3.05) is 13.1 Å². The molecule has 6 heteroatoms. The fraction of sp³-hybridized carbons (Fsp3) is 0.450. The Balaban J connectivity index is 1.81. The van der Waals surface area contributed by atoms with Gasteiger partial charge in [-0.15, -0.1) is 11.3 Å². The quantitative estimate of drug-likeness (QED) is 0.689. The van der Waals surface area contributed by atoms with Crippen LogP contribution in [0.4, 0.5) is 0 Å². The van der Waals surface area contributed by atoms with Crippen LogP contribution in [0.15, 0.2) is 29.1 Å². The molecule has 0 radical (unpaired) electrons. The minimum absolute atomic E-state index is 0.000199. The van der Waals surface area contributed by atoms with Crippen molar-refractivity contribution in [1.82, 2.24) is 14.7 Å². The Labute approximate surface area is 156 Å². The molecule has 0 aliphatic carbocycles. The van der Waals surface area contributed by atoms with Gasteiger partial charge in [-0.25, -0.2) is 4.68 Å². The van der Waals surface area contributed by atoms with E-state index in [4.69, 9.17) is 0 Å². The minimum atomic E-state index is -0.581. The highest BCUT2D eigenvalue weighted by atomic mass is 32.1. The monoisotopic (exact) mass is 369 g/mol. The number of amides is 1. The largest absolute Gasteiger partial charge is 0.341 e.